The molecule has 0 nitrogen and oxygen atoms in total. The Hall–Kier alpha value is -0.805. The fourth-order valence-electron chi connectivity index (χ4n) is 1.97. The van der Waals surface area contributed by atoms with Crippen LogP contribution < -0.4 is 5.30 Å². The first-order valence-corrected chi connectivity index (χ1v) is 8.28. The Morgan fingerprint density at radius 1 is 0.941 bits per heavy atom. The van der Waals surface area contributed by atoms with Crippen molar-refractivity contribution in [2.24, 2.45) is 0 Å². The first-order chi connectivity index (χ1) is 7.84. The summed E-state index contributed by atoms with van der Waals surface area (Å²) < 4.78 is 0. The van der Waals surface area contributed by atoms with Gasteiger partial charge in [0.1, 0.15) is 0 Å². The Kier molecular flexibility index (Phi) is 3.08. The Labute approximate surface area is 106 Å². The highest BCUT2D eigenvalue weighted by atomic mass is 31.2. The van der Waals surface area contributed by atoms with Crippen LogP contribution in [0.3, 0.4) is 0 Å². The van der Waals surface area contributed by atoms with Gasteiger partial charge in [-0.2, -0.15) is 0 Å². The topological polar surface area (TPSA) is 0 Å². The highest BCUT2D eigenvalue weighted by molar-refractivity contribution is 8.03. The molecule has 0 saturated carbocycles. The van der Waals surface area contributed by atoms with Gasteiger partial charge in [-0.05, 0) is 39.4 Å². The van der Waals surface area contributed by atoms with Crippen LogP contribution in [0.2, 0.25) is 0 Å². The van der Waals surface area contributed by atoms with Crippen molar-refractivity contribution < 1.29 is 0 Å². The molecular formula is C15H19BP+. The van der Waals surface area contributed by atoms with E-state index in [4.69, 9.17) is 7.57 Å². The van der Waals surface area contributed by atoms with Crippen LogP contribution in [0.4, 0.5) is 0 Å². The van der Waals surface area contributed by atoms with Gasteiger partial charge < -0.3 is 0 Å². The predicted octanol–water partition coefficient (Wildman–Crippen LogP) is 3.99. The van der Waals surface area contributed by atoms with Crippen LogP contribution >= 0.6 is 7.14 Å². The Bertz CT molecular complexity index is 533. The van der Waals surface area contributed by atoms with Crippen molar-refractivity contribution >= 4 is 30.8 Å². The van der Waals surface area contributed by atoms with Crippen LogP contribution in [0.25, 0.3) is 10.8 Å². The van der Waals surface area contributed by atoms with Gasteiger partial charge in [0.15, 0.2) is 0 Å². The van der Waals surface area contributed by atoms with Crippen LogP contribution in [-0.4, -0.2) is 19.4 Å². The lowest BCUT2D eigenvalue weighted by Gasteiger charge is -2.33. The summed E-state index contributed by atoms with van der Waals surface area (Å²) in [5.74, 6) is 0. The van der Waals surface area contributed by atoms with E-state index >= 15 is 0 Å². The fourth-order valence-corrected chi connectivity index (χ4v) is 3.80. The maximum Gasteiger partial charge on any atom is 0.371 e. The molecular weight excluding hydrogens is 222 g/mol. The molecule has 1 unspecified atom stereocenters. The fraction of sp³-hybridized carbons (Fsp3) is 0.333. The van der Waals surface area contributed by atoms with Crippen LogP contribution in [0.15, 0.2) is 42.5 Å². The quantitative estimate of drug-likeness (QED) is 0.523. The Balaban J connectivity index is 2.72. The third-order valence-electron chi connectivity index (χ3n) is 3.66. The van der Waals surface area contributed by atoms with Gasteiger partial charge in [-0.25, -0.2) is 0 Å². The molecule has 86 valence electrons. The predicted molar refractivity (Wildman–Crippen MR) is 81.9 cm³/mol. The lowest BCUT2D eigenvalue weighted by Crippen LogP contribution is -2.28. The van der Waals surface area contributed by atoms with Crippen LogP contribution in [-0.2, 0) is 0 Å². The minimum absolute atomic E-state index is 0.136. The van der Waals surface area contributed by atoms with Gasteiger partial charge in [0.25, 0.3) is 0 Å². The van der Waals surface area contributed by atoms with Crippen molar-refractivity contribution in [3.63, 3.8) is 0 Å². The van der Waals surface area contributed by atoms with Crippen molar-refractivity contribution in [1.82, 2.24) is 0 Å². The summed E-state index contributed by atoms with van der Waals surface area (Å²) in [4.78, 5) is 0. The lowest BCUT2D eigenvalue weighted by molar-refractivity contribution is 0.787. The molecule has 0 saturated heterocycles. The molecule has 17 heavy (non-hydrogen) atoms. The lowest BCUT2D eigenvalue weighted by atomic mass is 10.1. The molecule has 2 aromatic carbocycles. The number of hydrogen-bond acceptors (Lipinski definition) is 0. The monoisotopic (exact) mass is 241 g/mol. The van der Waals surface area contributed by atoms with Gasteiger partial charge in [-0.1, -0.05) is 36.4 Å². The maximum atomic E-state index is 6.69. The molecule has 0 spiro atoms. The van der Waals surface area contributed by atoms with E-state index in [0.717, 1.165) is 0 Å². The van der Waals surface area contributed by atoms with E-state index < -0.39 is 7.14 Å². The van der Waals surface area contributed by atoms with Crippen molar-refractivity contribution in [3.05, 3.63) is 42.5 Å². The van der Waals surface area contributed by atoms with Crippen LogP contribution in [0.5, 0.6) is 0 Å². The summed E-state index contributed by atoms with van der Waals surface area (Å²) in [6.07, 6.45) is 0. The van der Waals surface area contributed by atoms with Crippen molar-refractivity contribution in [3.8, 4) is 0 Å². The van der Waals surface area contributed by atoms with E-state index in [1.54, 1.807) is 0 Å². The summed E-state index contributed by atoms with van der Waals surface area (Å²) >= 11 is 0. The van der Waals surface area contributed by atoms with Crippen LogP contribution in [0.1, 0.15) is 20.8 Å². The van der Waals surface area contributed by atoms with Gasteiger partial charge in [0.2, 0.25) is 0 Å². The zero-order valence-corrected chi connectivity index (χ0v) is 12.0. The molecule has 0 heterocycles. The molecule has 0 aliphatic carbocycles. The highest BCUT2D eigenvalue weighted by Gasteiger charge is 2.42. The van der Waals surface area contributed by atoms with Gasteiger partial charge in [0, 0.05) is 12.1 Å². The average Bonchev–Trinajstić information content (AvgIpc) is 2.26. The molecule has 0 amide bonds. The molecule has 0 aliphatic heterocycles. The zero-order chi connectivity index (χ0) is 12.7. The molecule has 2 heteroatoms. The summed E-state index contributed by atoms with van der Waals surface area (Å²) in [5, 5.41) is 4.06. The zero-order valence-electron chi connectivity index (χ0n) is 11.1. The molecule has 0 aromatic heterocycles. The van der Waals surface area contributed by atoms with E-state index in [9.17, 15) is 0 Å². The van der Waals surface area contributed by atoms with Crippen molar-refractivity contribution in [1.29, 1.82) is 0 Å². The number of hydrogen-bond donors (Lipinski definition) is 0. The van der Waals surface area contributed by atoms with Gasteiger partial charge in [0.05, 0.1) is 10.5 Å². The molecule has 0 N–H and O–H groups in total. The SMILES string of the molecule is [B][P+](C)(c1cccc2ccccc12)C(C)(C)C. The smallest absolute Gasteiger partial charge is 0.0616 e. The van der Waals surface area contributed by atoms with Gasteiger partial charge >= 0.3 is 7.57 Å². The molecule has 0 bridgehead atoms. The first-order valence-electron chi connectivity index (χ1n) is 5.97. The minimum atomic E-state index is -1.62. The average molecular weight is 241 g/mol. The number of benzene rings is 2. The molecule has 2 aromatic rings. The molecule has 1 atom stereocenters. The van der Waals surface area contributed by atoms with Gasteiger partial charge in [-0.15, -0.1) is 0 Å². The Morgan fingerprint density at radius 2 is 1.53 bits per heavy atom. The summed E-state index contributed by atoms with van der Waals surface area (Å²) in [6, 6.07) is 15.0. The normalized spacial score (nSPS) is 15.8. The largest absolute Gasteiger partial charge is 0.371 e. The minimum Gasteiger partial charge on any atom is -0.0616 e. The molecule has 2 radical (unpaired) electrons. The highest BCUT2D eigenvalue weighted by Crippen LogP contribution is 2.61. The second kappa shape index (κ2) is 4.14. The molecule has 2 rings (SSSR count). The number of rotatable bonds is 1. The Morgan fingerprint density at radius 3 is 2.18 bits per heavy atom. The van der Waals surface area contributed by atoms with E-state index in [-0.39, 0.29) is 5.16 Å². The third kappa shape index (κ3) is 2.14. The summed E-state index contributed by atoms with van der Waals surface area (Å²) in [5.41, 5.74) is 0. The van der Waals surface area contributed by atoms with Gasteiger partial charge in [-0.3, -0.25) is 0 Å². The molecule has 0 aliphatic rings. The van der Waals surface area contributed by atoms with Crippen molar-refractivity contribution in [2.45, 2.75) is 25.9 Å². The summed E-state index contributed by atoms with van der Waals surface area (Å²) in [6.45, 7) is 8.95. The van der Waals surface area contributed by atoms with Crippen LogP contribution in [0, 0.1) is 0 Å². The first kappa shape index (κ1) is 12.6. The second-order valence-electron chi connectivity index (χ2n) is 5.74. The van der Waals surface area contributed by atoms with E-state index in [2.05, 4.69) is 69.9 Å². The molecule has 0 fully saturated rings. The maximum absolute atomic E-state index is 6.69. The third-order valence-corrected chi connectivity index (χ3v) is 7.84. The summed E-state index contributed by atoms with van der Waals surface area (Å²) in [7, 11) is 5.07. The second-order valence-corrected chi connectivity index (χ2v) is 9.72. The van der Waals surface area contributed by atoms with Crippen molar-refractivity contribution in [2.75, 3.05) is 6.66 Å². The number of fused-ring (bicyclic) bond motifs is 1. The van der Waals surface area contributed by atoms with E-state index in [0.29, 0.717) is 0 Å². The van der Waals surface area contributed by atoms with E-state index in [1.807, 2.05) is 0 Å². The standard InChI is InChI=1S/C15H19BP/c1-15(2,3)17(4,16)14-11-7-9-12-8-5-6-10-13(12)14/h5-11H,1-4H3/q+1. The van der Waals surface area contributed by atoms with E-state index in [1.165, 1.54) is 16.1 Å².